The summed E-state index contributed by atoms with van der Waals surface area (Å²) in [6.07, 6.45) is 1.06. The van der Waals surface area contributed by atoms with Crippen LogP contribution in [-0.4, -0.2) is 24.5 Å². The van der Waals surface area contributed by atoms with Crippen LogP contribution < -0.4 is 9.64 Å². The fourth-order valence-corrected chi connectivity index (χ4v) is 6.53. The Morgan fingerprint density at radius 1 is 0.974 bits per heavy atom. The summed E-state index contributed by atoms with van der Waals surface area (Å²) in [6.45, 7) is 2.02. The van der Waals surface area contributed by atoms with E-state index in [0.29, 0.717) is 18.4 Å². The smallest absolute Gasteiger partial charge is 0.258 e. The van der Waals surface area contributed by atoms with E-state index in [1.54, 1.807) is 18.4 Å². The minimum Gasteiger partial charge on any atom is -0.497 e. The van der Waals surface area contributed by atoms with Crippen LogP contribution in [-0.2, 0) is 4.79 Å². The fourth-order valence-electron chi connectivity index (χ4n) is 5.67. The van der Waals surface area contributed by atoms with Gasteiger partial charge in [0.05, 0.1) is 30.4 Å². The van der Waals surface area contributed by atoms with Crippen molar-refractivity contribution >= 4 is 40.1 Å². The first-order valence-electron chi connectivity index (χ1n) is 12.8. The van der Waals surface area contributed by atoms with Crippen molar-refractivity contribution in [2.75, 3.05) is 12.0 Å². The highest BCUT2D eigenvalue weighted by atomic mass is 32.1. The maximum Gasteiger partial charge on any atom is 0.258 e. The lowest BCUT2D eigenvalue weighted by Gasteiger charge is -2.38. The van der Waals surface area contributed by atoms with Gasteiger partial charge in [0.2, 0.25) is 0 Å². The zero-order chi connectivity index (χ0) is 26.2. The van der Waals surface area contributed by atoms with Crippen LogP contribution in [0.4, 0.5) is 11.4 Å². The summed E-state index contributed by atoms with van der Waals surface area (Å²) in [5, 5.41) is 2.01. The molecule has 0 saturated heterocycles. The Bertz CT molecular complexity index is 1510. The van der Waals surface area contributed by atoms with Gasteiger partial charge in [-0.05, 0) is 78.2 Å². The van der Waals surface area contributed by atoms with E-state index in [9.17, 15) is 9.59 Å². The van der Waals surface area contributed by atoms with Crippen LogP contribution in [0, 0.1) is 12.8 Å². The standard InChI is InChI=1S/C32H28N2O3S/c1-20-10-15-25-27(17-20)34(32(36)22-7-4-3-5-8-22)31(29-9-6-16-38-29)30-26(33-25)18-23(19-28(30)35)21-11-13-24(37-2)14-12-21/h3-17,23,30-31H,18-19H2,1-2H3. The second-order valence-corrected chi connectivity index (χ2v) is 10.9. The number of ketones is 1. The highest BCUT2D eigenvalue weighted by Crippen LogP contribution is 2.49. The van der Waals surface area contributed by atoms with Crippen LogP contribution in [0.5, 0.6) is 5.75 Å². The molecule has 1 saturated carbocycles. The Kier molecular flexibility index (Phi) is 6.42. The third-order valence-corrected chi connectivity index (χ3v) is 8.46. The Balaban J connectivity index is 1.50. The molecule has 1 fully saturated rings. The molecule has 0 spiro atoms. The Hall–Kier alpha value is -4.03. The molecule has 1 aliphatic carbocycles. The Morgan fingerprint density at radius 3 is 2.47 bits per heavy atom. The molecule has 1 amide bonds. The number of carbonyl (C=O) groups excluding carboxylic acids is 2. The summed E-state index contributed by atoms with van der Waals surface area (Å²) >= 11 is 1.58. The molecule has 6 rings (SSSR count). The van der Waals surface area contributed by atoms with E-state index in [1.165, 1.54) is 0 Å². The van der Waals surface area contributed by atoms with Gasteiger partial charge in [-0.25, -0.2) is 0 Å². The lowest BCUT2D eigenvalue weighted by molar-refractivity contribution is -0.122. The second kappa shape index (κ2) is 10.0. The molecule has 2 heterocycles. The van der Waals surface area contributed by atoms with Crippen LogP contribution in [0.2, 0.25) is 0 Å². The second-order valence-electron chi connectivity index (χ2n) is 9.92. The predicted octanol–water partition coefficient (Wildman–Crippen LogP) is 7.30. The number of hydrogen-bond donors (Lipinski definition) is 0. The van der Waals surface area contributed by atoms with Gasteiger partial charge in [0.1, 0.15) is 11.5 Å². The number of benzene rings is 3. The van der Waals surface area contributed by atoms with Gasteiger partial charge in [0, 0.05) is 22.6 Å². The Labute approximate surface area is 226 Å². The molecule has 5 nitrogen and oxygen atoms in total. The molecule has 1 aromatic heterocycles. The van der Waals surface area contributed by atoms with Gasteiger partial charge in [-0.2, -0.15) is 0 Å². The van der Waals surface area contributed by atoms with Crippen molar-refractivity contribution in [1.29, 1.82) is 0 Å². The molecule has 4 aromatic rings. The first-order chi connectivity index (χ1) is 18.5. The summed E-state index contributed by atoms with van der Waals surface area (Å²) in [7, 11) is 1.65. The average Bonchev–Trinajstić information content (AvgIpc) is 3.43. The maximum absolute atomic E-state index is 14.2. The van der Waals surface area contributed by atoms with E-state index in [0.717, 1.165) is 38.8 Å². The minimum atomic E-state index is -0.511. The van der Waals surface area contributed by atoms with Crippen molar-refractivity contribution in [3.63, 3.8) is 0 Å². The molecule has 0 radical (unpaired) electrons. The van der Waals surface area contributed by atoms with Crippen molar-refractivity contribution in [1.82, 2.24) is 0 Å². The number of methoxy groups -OCH3 is 1. The van der Waals surface area contributed by atoms with Crippen molar-refractivity contribution in [3.8, 4) is 5.75 Å². The number of nitrogens with zero attached hydrogens (tertiary/aromatic N) is 2. The highest BCUT2D eigenvalue weighted by Gasteiger charge is 2.46. The minimum absolute atomic E-state index is 0.0256. The van der Waals surface area contributed by atoms with Gasteiger partial charge < -0.3 is 4.74 Å². The number of hydrogen-bond acceptors (Lipinski definition) is 5. The van der Waals surface area contributed by atoms with Gasteiger partial charge in [-0.15, -0.1) is 11.3 Å². The lowest BCUT2D eigenvalue weighted by Crippen LogP contribution is -2.45. The Morgan fingerprint density at radius 2 is 1.76 bits per heavy atom. The largest absolute Gasteiger partial charge is 0.497 e. The van der Waals surface area contributed by atoms with Gasteiger partial charge >= 0.3 is 0 Å². The number of thiophene rings is 1. The summed E-state index contributed by atoms with van der Waals surface area (Å²) in [6, 6.07) is 26.8. The molecule has 1 aliphatic heterocycles. The number of carbonyl (C=O) groups is 2. The molecule has 0 N–H and O–H groups in total. The average molecular weight is 521 g/mol. The summed E-state index contributed by atoms with van der Waals surface area (Å²) in [5.74, 6) is 0.292. The number of anilines is 1. The molecule has 2 aliphatic rings. The molecule has 3 unspecified atom stereocenters. The highest BCUT2D eigenvalue weighted by molar-refractivity contribution is 7.10. The first kappa shape index (κ1) is 24.3. The van der Waals surface area contributed by atoms with E-state index in [4.69, 9.17) is 9.73 Å². The first-order valence-corrected chi connectivity index (χ1v) is 13.7. The van der Waals surface area contributed by atoms with E-state index >= 15 is 0 Å². The predicted molar refractivity (Wildman–Crippen MR) is 152 cm³/mol. The molecule has 6 heteroatoms. The molecule has 3 aromatic carbocycles. The third kappa shape index (κ3) is 4.35. The summed E-state index contributed by atoms with van der Waals surface area (Å²) in [5.41, 5.74) is 5.03. The zero-order valence-corrected chi connectivity index (χ0v) is 22.2. The lowest BCUT2D eigenvalue weighted by atomic mass is 9.73. The normalized spacial score (nSPS) is 20.7. The van der Waals surface area contributed by atoms with Crippen molar-refractivity contribution in [2.45, 2.75) is 31.7 Å². The van der Waals surface area contributed by atoms with Gasteiger partial charge in [0.15, 0.2) is 0 Å². The van der Waals surface area contributed by atoms with Gasteiger partial charge in [-0.3, -0.25) is 19.5 Å². The molecular formula is C32H28N2O3S. The van der Waals surface area contributed by atoms with Crippen molar-refractivity contribution in [3.05, 3.63) is 112 Å². The number of rotatable bonds is 4. The maximum atomic E-state index is 14.2. The van der Waals surface area contributed by atoms with Crippen molar-refractivity contribution in [2.24, 2.45) is 10.9 Å². The number of ether oxygens (including phenoxy) is 1. The molecule has 190 valence electrons. The van der Waals surface area contributed by atoms with E-state index < -0.39 is 12.0 Å². The molecular weight excluding hydrogens is 492 g/mol. The van der Waals surface area contributed by atoms with Crippen LogP contribution in [0.1, 0.15) is 51.2 Å². The van der Waals surface area contributed by atoms with Crippen molar-refractivity contribution < 1.29 is 14.3 Å². The number of aliphatic imine (C=N–C) groups is 1. The summed E-state index contributed by atoms with van der Waals surface area (Å²) in [4.78, 5) is 36.2. The zero-order valence-electron chi connectivity index (χ0n) is 21.3. The van der Waals surface area contributed by atoms with E-state index in [2.05, 4.69) is 0 Å². The van der Waals surface area contributed by atoms with E-state index in [1.807, 2.05) is 102 Å². The topological polar surface area (TPSA) is 59.0 Å². The monoisotopic (exact) mass is 520 g/mol. The number of amides is 1. The van der Waals surface area contributed by atoms with Crippen LogP contribution in [0.3, 0.4) is 0 Å². The SMILES string of the molecule is COc1ccc(C2CC(=O)C3C(=Nc4ccc(C)cc4N(C(=O)c4ccccc4)C3c3cccs3)C2)cc1. The third-order valence-electron chi connectivity index (χ3n) is 7.52. The van der Waals surface area contributed by atoms with Crippen LogP contribution in [0.25, 0.3) is 0 Å². The summed E-state index contributed by atoms with van der Waals surface area (Å²) < 4.78 is 5.33. The van der Waals surface area contributed by atoms with Crippen LogP contribution in [0.15, 0.2) is 95.3 Å². The molecule has 38 heavy (non-hydrogen) atoms. The van der Waals surface area contributed by atoms with E-state index in [-0.39, 0.29) is 17.6 Å². The molecule has 3 atom stereocenters. The van der Waals surface area contributed by atoms with Gasteiger partial charge in [-0.1, -0.05) is 42.5 Å². The number of fused-ring (bicyclic) bond motifs is 2. The quantitative estimate of drug-likeness (QED) is 0.284. The molecule has 0 bridgehead atoms. The number of Topliss-reactive ketones (excluding diaryl/α,β-unsaturated/α-hetero) is 1. The van der Waals surface area contributed by atoms with Crippen LogP contribution >= 0.6 is 11.3 Å². The fraction of sp³-hybridized carbons (Fsp3) is 0.219. The van der Waals surface area contributed by atoms with Gasteiger partial charge in [0.25, 0.3) is 5.91 Å². The number of aryl methyl sites for hydroxylation is 1.